The first-order valence-electron chi connectivity index (χ1n) is 4.80. The van der Waals surface area contributed by atoms with E-state index < -0.39 is 0 Å². The molecule has 1 N–H and O–H groups in total. The van der Waals surface area contributed by atoms with Gasteiger partial charge in [0, 0.05) is 18.7 Å². The van der Waals surface area contributed by atoms with E-state index in [-0.39, 0.29) is 6.61 Å². The van der Waals surface area contributed by atoms with Crippen molar-refractivity contribution in [1.82, 2.24) is 9.78 Å². The molecule has 0 aliphatic rings. The molecule has 0 aliphatic carbocycles. The fraction of sp³-hybridized carbons (Fsp3) is 0.545. The third kappa shape index (κ3) is 2.61. The molecular formula is C11H16N2O. The van der Waals surface area contributed by atoms with Crippen LogP contribution < -0.4 is 0 Å². The summed E-state index contributed by atoms with van der Waals surface area (Å²) < 4.78 is 1.90. The van der Waals surface area contributed by atoms with Gasteiger partial charge in [-0.1, -0.05) is 11.8 Å². The van der Waals surface area contributed by atoms with E-state index in [1.165, 1.54) is 0 Å². The predicted molar refractivity (Wildman–Crippen MR) is 55.9 cm³/mol. The molecule has 0 bridgehead atoms. The Morgan fingerprint density at radius 3 is 2.79 bits per heavy atom. The van der Waals surface area contributed by atoms with Crippen molar-refractivity contribution in [3.05, 3.63) is 17.5 Å². The Bertz CT molecular complexity index is 355. The summed E-state index contributed by atoms with van der Waals surface area (Å²) in [7, 11) is 0. The highest BCUT2D eigenvalue weighted by atomic mass is 16.2. The molecule has 0 radical (unpaired) electrons. The van der Waals surface area contributed by atoms with Crippen molar-refractivity contribution >= 4 is 0 Å². The molecule has 0 unspecified atom stereocenters. The van der Waals surface area contributed by atoms with Crippen LogP contribution in [0, 0.1) is 18.8 Å². The van der Waals surface area contributed by atoms with Gasteiger partial charge in [0.25, 0.3) is 0 Å². The number of aliphatic hydroxyl groups is 1. The zero-order valence-electron chi connectivity index (χ0n) is 8.91. The maximum atomic E-state index is 8.58. The first-order valence-corrected chi connectivity index (χ1v) is 4.80. The monoisotopic (exact) mass is 192 g/mol. The highest BCUT2D eigenvalue weighted by molar-refractivity contribution is 5.35. The Hall–Kier alpha value is -1.27. The van der Waals surface area contributed by atoms with Gasteiger partial charge in [0.2, 0.25) is 0 Å². The quantitative estimate of drug-likeness (QED) is 0.721. The molecule has 76 valence electrons. The number of rotatable bonds is 2. The second kappa shape index (κ2) is 4.83. The molecule has 0 amide bonds. The van der Waals surface area contributed by atoms with Gasteiger partial charge >= 0.3 is 0 Å². The van der Waals surface area contributed by atoms with Gasteiger partial charge in [-0.15, -0.1) is 0 Å². The van der Waals surface area contributed by atoms with E-state index in [2.05, 4.69) is 30.8 Å². The average molecular weight is 192 g/mol. The SMILES string of the molecule is Cc1nn(C(C)C)cc1C#CCCO. The molecule has 14 heavy (non-hydrogen) atoms. The predicted octanol–water partition coefficient (Wildman–Crippen LogP) is 1.51. The number of nitrogens with zero attached hydrogens (tertiary/aromatic N) is 2. The lowest BCUT2D eigenvalue weighted by atomic mass is 10.2. The van der Waals surface area contributed by atoms with Crippen LogP contribution in [-0.4, -0.2) is 21.5 Å². The van der Waals surface area contributed by atoms with Crippen molar-refractivity contribution < 1.29 is 5.11 Å². The smallest absolute Gasteiger partial charge is 0.0750 e. The van der Waals surface area contributed by atoms with E-state index in [4.69, 9.17) is 5.11 Å². The van der Waals surface area contributed by atoms with Gasteiger partial charge in [-0.3, -0.25) is 4.68 Å². The van der Waals surface area contributed by atoms with Crippen molar-refractivity contribution in [2.45, 2.75) is 33.2 Å². The summed E-state index contributed by atoms with van der Waals surface area (Å²) in [5.41, 5.74) is 1.90. The van der Waals surface area contributed by atoms with Crippen molar-refractivity contribution in [2.24, 2.45) is 0 Å². The fourth-order valence-electron chi connectivity index (χ4n) is 1.08. The molecule has 0 saturated carbocycles. The molecule has 0 saturated heterocycles. The topological polar surface area (TPSA) is 38.0 Å². The minimum atomic E-state index is 0.115. The van der Waals surface area contributed by atoms with Gasteiger partial charge in [0.1, 0.15) is 0 Å². The second-order valence-electron chi connectivity index (χ2n) is 3.48. The molecule has 1 heterocycles. The van der Waals surface area contributed by atoms with Gasteiger partial charge < -0.3 is 5.11 Å². The van der Waals surface area contributed by atoms with Crippen molar-refractivity contribution in [1.29, 1.82) is 0 Å². The van der Waals surface area contributed by atoms with Gasteiger partial charge in [0.05, 0.1) is 17.9 Å². The molecular weight excluding hydrogens is 176 g/mol. The minimum Gasteiger partial charge on any atom is -0.395 e. The highest BCUT2D eigenvalue weighted by Crippen LogP contribution is 2.08. The van der Waals surface area contributed by atoms with E-state index in [1.807, 2.05) is 17.8 Å². The average Bonchev–Trinajstić information content (AvgIpc) is 2.49. The summed E-state index contributed by atoms with van der Waals surface area (Å²) in [4.78, 5) is 0. The second-order valence-corrected chi connectivity index (χ2v) is 3.48. The summed E-state index contributed by atoms with van der Waals surface area (Å²) >= 11 is 0. The number of hydrogen-bond acceptors (Lipinski definition) is 2. The molecule has 0 aromatic carbocycles. The van der Waals surface area contributed by atoms with Crippen LogP contribution in [0.1, 0.15) is 37.6 Å². The molecule has 0 atom stereocenters. The zero-order valence-corrected chi connectivity index (χ0v) is 8.91. The third-order valence-electron chi connectivity index (χ3n) is 1.91. The van der Waals surface area contributed by atoms with E-state index in [0.717, 1.165) is 11.3 Å². The van der Waals surface area contributed by atoms with Crippen LogP contribution in [0.15, 0.2) is 6.20 Å². The Morgan fingerprint density at radius 1 is 1.57 bits per heavy atom. The number of aliphatic hydroxyl groups excluding tert-OH is 1. The van der Waals surface area contributed by atoms with Gasteiger partial charge in [0.15, 0.2) is 0 Å². The highest BCUT2D eigenvalue weighted by Gasteiger charge is 2.03. The van der Waals surface area contributed by atoms with Crippen molar-refractivity contribution in [2.75, 3.05) is 6.61 Å². The molecule has 3 heteroatoms. The molecule has 0 spiro atoms. The summed E-state index contributed by atoms with van der Waals surface area (Å²) in [5, 5.41) is 12.9. The maximum Gasteiger partial charge on any atom is 0.0750 e. The number of aryl methyl sites for hydroxylation is 1. The van der Waals surface area contributed by atoms with Crippen LogP contribution in [0.2, 0.25) is 0 Å². The van der Waals surface area contributed by atoms with E-state index in [9.17, 15) is 0 Å². The summed E-state index contributed by atoms with van der Waals surface area (Å²) in [6.07, 6.45) is 2.47. The Labute approximate surface area is 84.8 Å². The molecule has 3 nitrogen and oxygen atoms in total. The number of aromatic nitrogens is 2. The lowest BCUT2D eigenvalue weighted by Crippen LogP contribution is -2.00. The van der Waals surface area contributed by atoms with Gasteiger partial charge in [-0.05, 0) is 20.8 Å². The van der Waals surface area contributed by atoms with Crippen LogP contribution in [0.3, 0.4) is 0 Å². The van der Waals surface area contributed by atoms with Crippen LogP contribution in [0.5, 0.6) is 0 Å². The van der Waals surface area contributed by atoms with Crippen LogP contribution in [-0.2, 0) is 0 Å². The summed E-state index contributed by atoms with van der Waals surface area (Å²) in [6.45, 7) is 6.22. The Kier molecular flexibility index (Phi) is 3.73. The van der Waals surface area contributed by atoms with Crippen LogP contribution in [0.25, 0.3) is 0 Å². The van der Waals surface area contributed by atoms with E-state index >= 15 is 0 Å². The molecule has 1 aromatic rings. The fourth-order valence-corrected chi connectivity index (χ4v) is 1.08. The van der Waals surface area contributed by atoms with Crippen molar-refractivity contribution in [3.8, 4) is 11.8 Å². The summed E-state index contributed by atoms with van der Waals surface area (Å²) in [6, 6.07) is 0.363. The van der Waals surface area contributed by atoms with Crippen LogP contribution >= 0.6 is 0 Å². The first-order chi connectivity index (χ1) is 6.65. The van der Waals surface area contributed by atoms with E-state index in [1.54, 1.807) is 0 Å². The Morgan fingerprint density at radius 2 is 2.29 bits per heavy atom. The maximum absolute atomic E-state index is 8.58. The Balaban J connectivity index is 2.84. The molecule has 1 rings (SSSR count). The molecule has 0 fully saturated rings. The third-order valence-corrected chi connectivity index (χ3v) is 1.91. The lowest BCUT2D eigenvalue weighted by Gasteiger charge is -2.02. The van der Waals surface area contributed by atoms with Gasteiger partial charge in [-0.25, -0.2) is 0 Å². The number of hydrogen-bond donors (Lipinski definition) is 1. The lowest BCUT2D eigenvalue weighted by molar-refractivity contribution is 0.305. The molecule has 0 aliphatic heterocycles. The zero-order chi connectivity index (χ0) is 10.6. The first kappa shape index (κ1) is 10.8. The molecule has 1 aromatic heterocycles. The van der Waals surface area contributed by atoms with E-state index in [0.29, 0.717) is 12.5 Å². The largest absolute Gasteiger partial charge is 0.395 e. The normalized spacial score (nSPS) is 10.1. The van der Waals surface area contributed by atoms with Crippen LogP contribution in [0.4, 0.5) is 0 Å². The standard InChI is InChI=1S/C11H16N2O/c1-9(2)13-8-11(10(3)12-13)6-4-5-7-14/h8-9,14H,5,7H2,1-3H3. The summed E-state index contributed by atoms with van der Waals surface area (Å²) in [5.74, 6) is 5.89. The minimum absolute atomic E-state index is 0.115. The van der Waals surface area contributed by atoms with Crippen molar-refractivity contribution in [3.63, 3.8) is 0 Å². The van der Waals surface area contributed by atoms with Gasteiger partial charge in [-0.2, -0.15) is 5.10 Å².